The molecule has 0 saturated heterocycles. The first-order chi connectivity index (χ1) is 32.4. The van der Waals surface area contributed by atoms with Gasteiger partial charge in [-0.15, -0.1) is 0 Å². The highest BCUT2D eigenvalue weighted by molar-refractivity contribution is 6.99. The molecule has 14 nitrogen and oxygen atoms in total. The summed E-state index contributed by atoms with van der Waals surface area (Å²) < 4.78 is 42.9. The molecule has 15 heteroatoms. The molecule has 6 aromatic rings. The number of ether oxygens (including phenoxy) is 6. The fourth-order valence-electron chi connectivity index (χ4n) is 9.08. The molecule has 1 unspecified atom stereocenters. The van der Waals surface area contributed by atoms with Crippen molar-refractivity contribution in [2.75, 3.05) is 47.3 Å². The molecule has 5 aromatic carbocycles. The summed E-state index contributed by atoms with van der Waals surface area (Å²) in [6, 6.07) is 34.2. The Balaban J connectivity index is 1.10. The number of carbonyl (C=O) groups excluding carboxylic acids is 2. The number of ketones is 1. The molecule has 67 heavy (non-hydrogen) atoms. The van der Waals surface area contributed by atoms with Crippen LogP contribution in [0.2, 0.25) is 5.04 Å². The molecule has 0 spiro atoms. The number of nitrogens with one attached hydrogen (secondary N) is 1. The number of hydrogen-bond donors (Lipinski definition) is 2. The van der Waals surface area contributed by atoms with Crippen molar-refractivity contribution < 1.29 is 47.5 Å². The molecule has 1 aliphatic heterocycles. The number of fused-ring (bicyclic) bond motifs is 6. The van der Waals surface area contributed by atoms with Crippen molar-refractivity contribution in [2.45, 2.75) is 65.1 Å². The van der Waals surface area contributed by atoms with Crippen LogP contribution < -0.4 is 44.9 Å². The topological polar surface area (TPSA) is 156 Å². The van der Waals surface area contributed by atoms with E-state index in [-0.39, 0.29) is 61.4 Å². The lowest BCUT2D eigenvalue weighted by atomic mass is 10.0. The molecule has 1 atom stereocenters. The summed E-state index contributed by atoms with van der Waals surface area (Å²) >= 11 is 0. The summed E-state index contributed by atoms with van der Waals surface area (Å²) in [6.45, 7) is 9.90. The predicted molar refractivity (Wildman–Crippen MR) is 258 cm³/mol. The molecule has 2 N–H and O–H groups in total. The van der Waals surface area contributed by atoms with E-state index in [1.807, 2.05) is 43.3 Å². The molecular weight excluding hydrogens is 871 g/mol. The molecule has 2 aliphatic rings. The normalized spacial score (nSPS) is 13.3. The lowest BCUT2D eigenvalue weighted by molar-refractivity contribution is -0.0434. The van der Waals surface area contributed by atoms with Crippen molar-refractivity contribution in [3.8, 4) is 40.0 Å². The van der Waals surface area contributed by atoms with Gasteiger partial charge in [0.05, 0.1) is 37.5 Å². The van der Waals surface area contributed by atoms with E-state index < -0.39 is 20.8 Å². The van der Waals surface area contributed by atoms with Crippen LogP contribution in [-0.4, -0.2) is 88.4 Å². The van der Waals surface area contributed by atoms with Gasteiger partial charge < -0.3 is 47.4 Å². The molecule has 0 fully saturated rings. The monoisotopic (exact) mass is 927 g/mol. The van der Waals surface area contributed by atoms with Crippen molar-refractivity contribution in [3.63, 3.8) is 0 Å². The number of rotatable bonds is 19. The lowest BCUT2D eigenvalue weighted by Crippen LogP contribution is -2.67. The molecule has 0 bridgehead atoms. The number of benzene rings is 5. The van der Waals surface area contributed by atoms with Crippen LogP contribution in [0.5, 0.6) is 28.7 Å². The standard InChI is InChI=1S/C52H57N3O11Si/c1-7-23-53-50(58)66-35-21-19-34(20-22-35)32-62-51(59)54(26-27-65-67(52(2,3)4,36-15-10-8-11-16-36)37-17-12-9-13-18-37)24-14-25-55-47-39-29-44-45(64-33-63-44)30-40(39)48(56)46(47)38-28-42(60-5)43(61-6)31-41(38)49(55)57/h8-13,15-22,28-31,50,53,58H,7,14,23-27,32-33H2,1-6H3. The Morgan fingerprint density at radius 3 is 2.04 bits per heavy atom. The van der Waals surface area contributed by atoms with Crippen molar-refractivity contribution in [3.05, 3.63) is 136 Å². The maximum absolute atomic E-state index is 14.7. The summed E-state index contributed by atoms with van der Waals surface area (Å²) in [5.74, 6) is 1.85. The first kappa shape index (κ1) is 46.9. The average Bonchev–Trinajstić information content (AvgIpc) is 3.92. The summed E-state index contributed by atoms with van der Waals surface area (Å²) in [7, 11) is 0.0262. The Labute approximate surface area is 391 Å². The van der Waals surface area contributed by atoms with Crippen molar-refractivity contribution in [2.24, 2.45) is 0 Å². The van der Waals surface area contributed by atoms with E-state index in [9.17, 15) is 19.5 Å². The zero-order valence-electron chi connectivity index (χ0n) is 38.8. The smallest absolute Gasteiger partial charge is 0.410 e. The summed E-state index contributed by atoms with van der Waals surface area (Å²) in [5, 5.41) is 15.7. The minimum atomic E-state index is -2.97. The second-order valence-electron chi connectivity index (χ2n) is 17.5. The van der Waals surface area contributed by atoms with E-state index in [4.69, 9.17) is 32.8 Å². The first-order valence-corrected chi connectivity index (χ1v) is 24.4. The molecule has 0 radical (unpaired) electrons. The molecule has 0 saturated carbocycles. The Kier molecular flexibility index (Phi) is 14.0. The number of carbonyl (C=O) groups is 2. The summed E-state index contributed by atoms with van der Waals surface area (Å²) in [4.78, 5) is 45.0. The van der Waals surface area contributed by atoms with E-state index in [2.05, 4.69) is 50.4 Å². The van der Waals surface area contributed by atoms with Crippen molar-refractivity contribution in [1.29, 1.82) is 0 Å². The van der Waals surface area contributed by atoms with Gasteiger partial charge in [0.25, 0.3) is 20.3 Å². The molecule has 1 amide bonds. The number of amides is 1. The highest BCUT2D eigenvalue weighted by atomic mass is 28.4. The number of aliphatic hydroxyl groups excluding tert-OH is 1. The van der Waals surface area contributed by atoms with Gasteiger partial charge in [-0.1, -0.05) is 100 Å². The Hall–Kier alpha value is -6.65. The third kappa shape index (κ3) is 9.37. The number of hydrogen-bond acceptors (Lipinski definition) is 12. The van der Waals surface area contributed by atoms with Gasteiger partial charge >= 0.3 is 6.09 Å². The van der Waals surface area contributed by atoms with Crippen LogP contribution in [-0.2, 0) is 22.3 Å². The molecule has 1 aliphatic carbocycles. The van der Waals surface area contributed by atoms with Gasteiger partial charge in [0.15, 0.2) is 28.8 Å². The van der Waals surface area contributed by atoms with Crippen molar-refractivity contribution >= 4 is 41.3 Å². The fraction of sp³-hybridized carbons (Fsp3) is 0.327. The fourth-order valence-corrected chi connectivity index (χ4v) is 13.6. The van der Waals surface area contributed by atoms with Gasteiger partial charge in [-0.2, -0.15) is 0 Å². The number of aliphatic hydroxyl groups is 1. The van der Waals surface area contributed by atoms with E-state index in [0.717, 1.165) is 22.4 Å². The second kappa shape index (κ2) is 20.1. The van der Waals surface area contributed by atoms with E-state index in [1.54, 1.807) is 58.0 Å². The largest absolute Gasteiger partial charge is 0.493 e. The highest BCUT2D eigenvalue weighted by Gasteiger charge is 2.50. The first-order valence-electron chi connectivity index (χ1n) is 22.5. The van der Waals surface area contributed by atoms with Crippen LogP contribution in [0.1, 0.15) is 62.0 Å². The maximum Gasteiger partial charge on any atom is 0.410 e. The Morgan fingerprint density at radius 2 is 1.45 bits per heavy atom. The second-order valence-corrected chi connectivity index (χ2v) is 21.8. The van der Waals surface area contributed by atoms with Gasteiger partial charge in [0.1, 0.15) is 12.4 Å². The quantitative estimate of drug-likeness (QED) is 0.0622. The van der Waals surface area contributed by atoms with Crippen LogP contribution in [0, 0.1) is 0 Å². The van der Waals surface area contributed by atoms with Gasteiger partial charge in [0, 0.05) is 42.7 Å². The van der Waals surface area contributed by atoms with Crippen molar-refractivity contribution in [1.82, 2.24) is 14.8 Å². The third-order valence-electron chi connectivity index (χ3n) is 12.3. The molecule has 1 aromatic heterocycles. The minimum Gasteiger partial charge on any atom is -0.493 e. The molecule has 2 heterocycles. The minimum absolute atomic E-state index is 0.0210. The molecular formula is C52H57N3O11Si. The van der Waals surface area contributed by atoms with Gasteiger partial charge in [-0.3, -0.25) is 14.9 Å². The third-order valence-corrected chi connectivity index (χ3v) is 17.3. The summed E-state index contributed by atoms with van der Waals surface area (Å²) in [6.07, 6.45) is -0.563. The Morgan fingerprint density at radius 1 is 0.836 bits per heavy atom. The van der Waals surface area contributed by atoms with Crippen LogP contribution in [0.25, 0.3) is 22.0 Å². The van der Waals surface area contributed by atoms with E-state index >= 15 is 0 Å². The van der Waals surface area contributed by atoms with Gasteiger partial charge in [-0.05, 0) is 70.2 Å². The zero-order valence-corrected chi connectivity index (χ0v) is 39.8. The van der Waals surface area contributed by atoms with Crippen LogP contribution in [0.3, 0.4) is 0 Å². The van der Waals surface area contributed by atoms with Crippen LogP contribution >= 0.6 is 0 Å². The maximum atomic E-state index is 14.7. The van der Waals surface area contributed by atoms with E-state index in [0.29, 0.717) is 69.5 Å². The van der Waals surface area contributed by atoms with Gasteiger partial charge in [0.2, 0.25) is 6.79 Å². The predicted octanol–water partition coefficient (Wildman–Crippen LogP) is 7.22. The highest BCUT2D eigenvalue weighted by Crippen LogP contribution is 2.47. The Bertz CT molecular complexity index is 2750. The molecule has 8 rings (SSSR count). The number of nitrogens with zero attached hydrogens (tertiary/aromatic N) is 2. The van der Waals surface area contributed by atoms with E-state index in [1.165, 1.54) is 14.2 Å². The number of methoxy groups -OCH3 is 2. The van der Waals surface area contributed by atoms with Crippen LogP contribution in [0.15, 0.2) is 114 Å². The number of pyridine rings is 1. The summed E-state index contributed by atoms with van der Waals surface area (Å²) in [5.41, 5.74) is 2.13. The average molecular weight is 928 g/mol. The SMILES string of the molecule is CCCNC(O)Oc1ccc(COC(=O)N(CCCn2c3c(c4cc(OC)c(OC)cc4c2=O)C(=O)c2cc4c(cc2-3)OCO4)CCO[Si](c2ccccc2)(c2ccccc2)C(C)(C)C)cc1. The zero-order chi connectivity index (χ0) is 47.3. The van der Waals surface area contributed by atoms with Crippen LogP contribution in [0.4, 0.5) is 4.79 Å². The lowest BCUT2D eigenvalue weighted by Gasteiger charge is -2.43. The molecule has 350 valence electrons. The number of aromatic nitrogens is 1. The van der Waals surface area contributed by atoms with Gasteiger partial charge in [-0.25, -0.2) is 4.79 Å².